The van der Waals surface area contributed by atoms with Gasteiger partial charge in [-0.25, -0.2) is 8.42 Å². The molecule has 1 N–H and O–H groups in total. The van der Waals surface area contributed by atoms with Crippen LogP contribution < -0.4 is 5.32 Å². The summed E-state index contributed by atoms with van der Waals surface area (Å²) in [6, 6.07) is 22.4. The van der Waals surface area contributed by atoms with Crippen molar-refractivity contribution >= 4 is 39.1 Å². The fraction of sp³-hybridized carbons (Fsp3) is 0.174. The van der Waals surface area contributed by atoms with E-state index in [1.807, 2.05) is 67.6 Å². The summed E-state index contributed by atoms with van der Waals surface area (Å²) in [6.07, 6.45) is 0. The smallest absolute Gasteiger partial charge is 0.243 e. The van der Waals surface area contributed by atoms with E-state index in [9.17, 15) is 13.2 Å². The van der Waals surface area contributed by atoms with Gasteiger partial charge in [-0.05, 0) is 36.2 Å². The number of sulfonamides is 1. The Bertz CT molecular complexity index is 1140. The van der Waals surface area contributed by atoms with Crippen molar-refractivity contribution in [2.24, 2.45) is 0 Å². The first kappa shape index (κ1) is 23.3. The van der Waals surface area contributed by atoms with Crippen LogP contribution in [-0.4, -0.2) is 25.2 Å². The molecule has 3 aromatic carbocycles. The third-order valence-corrected chi connectivity index (χ3v) is 7.25. The maximum atomic E-state index is 13.3. The van der Waals surface area contributed by atoms with Crippen LogP contribution in [0.25, 0.3) is 0 Å². The summed E-state index contributed by atoms with van der Waals surface area (Å²) in [5.41, 5.74) is 1.69. The topological polar surface area (TPSA) is 66.5 Å². The van der Waals surface area contributed by atoms with Crippen LogP contribution in [0.4, 0.5) is 0 Å². The predicted octanol–water partition coefficient (Wildman–Crippen LogP) is 5.06. The number of carbonyl (C=O) groups excluding carboxylic acids is 1. The molecule has 0 aliphatic heterocycles. The van der Waals surface area contributed by atoms with Crippen molar-refractivity contribution in [1.82, 2.24) is 9.62 Å². The molecule has 3 rings (SSSR count). The average molecular weight is 477 g/mol. The normalized spacial score (nSPS) is 12.5. The fourth-order valence-electron chi connectivity index (χ4n) is 3.07. The van der Waals surface area contributed by atoms with Crippen LogP contribution in [0.1, 0.15) is 24.1 Å². The zero-order valence-electron chi connectivity index (χ0n) is 16.8. The number of rotatable bonds is 8. The highest BCUT2D eigenvalue weighted by Gasteiger charge is 2.28. The summed E-state index contributed by atoms with van der Waals surface area (Å²) >= 11 is 12.0. The number of hydrogen-bond acceptors (Lipinski definition) is 3. The minimum atomic E-state index is -4.00. The number of carbonyl (C=O) groups is 1. The van der Waals surface area contributed by atoms with Gasteiger partial charge in [-0.3, -0.25) is 4.79 Å². The van der Waals surface area contributed by atoms with E-state index in [1.54, 1.807) is 0 Å². The van der Waals surface area contributed by atoms with Gasteiger partial charge in [0.2, 0.25) is 15.9 Å². The molecule has 0 saturated heterocycles. The highest BCUT2D eigenvalue weighted by atomic mass is 35.5. The first-order chi connectivity index (χ1) is 14.8. The van der Waals surface area contributed by atoms with Crippen LogP contribution in [0.3, 0.4) is 0 Å². The molecule has 0 radical (unpaired) electrons. The van der Waals surface area contributed by atoms with Crippen LogP contribution in [0.2, 0.25) is 10.0 Å². The van der Waals surface area contributed by atoms with Gasteiger partial charge in [0, 0.05) is 6.54 Å². The zero-order valence-corrected chi connectivity index (χ0v) is 19.2. The molecule has 5 nitrogen and oxygen atoms in total. The van der Waals surface area contributed by atoms with Gasteiger partial charge >= 0.3 is 0 Å². The Labute approximate surface area is 192 Å². The van der Waals surface area contributed by atoms with Crippen molar-refractivity contribution in [2.45, 2.75) is 24.4 Å². The summed E-state index contributed by atoms with van der Waals surface area (Å²) in [6.45, 7) is 1.55. The number of nitrogens with one attached hydrogen (secondary N) is 1. The lowest BCUT2D eigenvalue weighted by Gasteiger charge is -2.23. The van der Waals surface area contributed by atoms with Crippen LogP contribution in [0.15, 0.2) is 83.8 Å². The highest BCUT2D eigenvalue weighted by molar-refractivity contribution is 7.89. The Morgan fingerprint density at radius 1 is 0.935 bits per heavy atom. The predicted molar refractivity (Wildman–Crippen MR) is 123 cm³/mol. The summed E-state index contributed by atoms with van der Waals surface area (Å²) in [5, 5.41) is 3.25. The van der Waals surface area contributed by atoms with Crippen molar-refractivity contribution < 1.29 is 13.2 Å². The monoisotopic (exact) mass is 476 g/mol. The molecule has 1 atom stereocenters. The molecular weight excluding hydrogens is 455 g/mol. The third-order valence-electron chi connectivity index (χ3n) is 4.73. The maximum absolute atomic E-state index is 13.3. The molecule has 0 aliphatic carbocycles. The van der Waals surface area contributed by atoms with E-state index in [1.165, 1.54) is 18.2 Å². The van der Waals surface area contributed by atoms with Gasteiger partial charge in [-0.15, -0.1) is 0 Å². The lowest BCUT2D eigenvalue weighted by atomic mass is 10.1. The average Bonchev–Trinajstić information content (AvgIpc) is 2.76. The lowest BCUT2D eigenvalue weighted by Crippen LogP contribution is -2.41. The summed E-state index contributed by atoms with van der Waals surface area (Å²) in [4.78, 5) is 12.7. The van der Waals surface area contributed by atoms with Gasteiger partial charge in [0.25, 0.3) is 0 Å². The number of benzene rings is 3. The SMILES string of the molecule is CC(NC(=O)CN(Cc1ccccc1)S(=O)(=O)c1ccc(Cl)c(Cl)c1)c1ccccc1. The van der Waals surface area contributed by atoms with Gasteiger partial charge in [-0.2, -0.15) is 4.31 Å². The molecule has 162 valence electrons. The Morgan fingerprint density at radius 3 is 2.16 bits per heavy atom. The van der Waals surface area contributed by atoms with Gasteiger partial charge in [0.1, 0.15) is 0 Å². The van der Waals surface area contributed by atoms with E-state index in [0.717, 1.165) is 15.4 Å². The van der Waals surface area contributed by atoms with Crippen molar-refractivity contribution in [2.75, 3.05) is 6.54 Å². The molecule has 0 fully saturated rings. The van der Waals surface area contributed by atoms with Crippen LogP contribution in [-0.2, 0) is 21.4 Å². The third kappa shape index (κ3) is 6.08. The molecule has 1 unspecified atom stereocenters. The van der Waals surface area contributed by atoms with E-state index in [0.29, 0.717) is 0 Å². The summed E-state index contributed by atoms with van der Waals surface area (Å²) in [7, 11) is -4.00. The molecule has 0 spiro atoms. The second-order valence-electron chi connectivity index (χ2n) is 7.03. The number of halogens is 2. The van der Waals surface area contributed by atoms with E-state index >= 15 is 0 Å². The largest absolute Gasteiger partial charge is 0.348 e. The van der Waals surface area contributed by atoms with Gasteiger partial charge in [0.05, 0.1) is 27.5 Å². The number of nitrogens with zero attached hydrogens (tertiary/aromatic N) is 1. The lowest BCUT2D eigenvalue weighted by molar-refractivity contribution is -0.122. The van der Waals surface area contributed by atoms with Gasteiger partial charge in [0.15, 0.2) is 0 Å². The van der Waals surface area contributed by atoms with Gasteiger partial charge in [-0.1, -0.05) is 83.9 Å². The first-order valence-corrected chi connectivity index (χ1v) is 11.8. The second-order valence-corrected chi connectivity index (χ2v) is 9.79. The molecule has 8 heteroatoms. The Balaban J connectivity index is 1.85. The van der Waals surface area contributed by atoms with Crippen molar-refractivity contribution in [3.05, 3.63) is 100 Å². The van der Waals surface area contributed by atoms with Crippen LogP contribution >= 0.6 is 23.2 Å². The number of hydrogen-bond donors (Lipinski definition) is 1. The molecule has 0 aliphatic rings. The zero-order chi connectivity index (χ0) is 22.4. The molecule has 3 aromatic rings. The van der Waals surface area contributed by atoms with E-state index < -0.39 is 15.9 Å². The summed E-state index contributed by atoms with van der Waals surface area (Å²) < 4.78 is 27.8. The molecule has 1 amide bonds. The summed E-state index contributed by atoms with van der Waals surface area (Å²) in [5.74, 6) is -0.407. The Morgan fingerprint density at radius 2 is 1.55 bits per heavy atom. The van der Waals surface area contributed by atoms with E-state index in [4.69, 9.17) is 23.2 Å². The molecule has 0 bridgehead atoms. The van der Waals surface area contributed by atoms with E-state index in [-0.39, 0.29) is 34.1 Å². The second kappa shape index (κ2) is 10.3. The van der Waals surface area contributed by atoms with Crippen molar-refractivity contribution in [3.8, 4) is 0 Å². The van der Waals surface area contributed by atoms with Crippen molar-refractivity contribution in [1.29, 1.82) is 0 Å². The van der Waals surface area contributed by atoms with Crippen LogP contribution in [0.5, 0.6) is 0 Å². The fourth-order valence-corrected chi connectivity index (χ4v) is 4.85. The van der Waals surface area contributed by atoms with Crippen LogP contribution in [0, 0.1) is 0 Å². The van der Waals surface area contributed by atoms with Crippen molar-refractivity contribution in [3.63, 3.8) is 0 Å². The quantitative estimate of drug-likeness (QED) is 0.493. The molecule has 0 heterocycles. The molecule has 0 aromatic heterocycles. The highest BCUT2D eigenvalue weighted by Crippen LogP contribution is 2.27. The minimum Gasteiger partial charge on any atom is -0.348 e. The molecule has 0 saturated carbocycles. The minimum absolute atomic E-state index is 0.0262. The Kier molecular flexibility index (Phi) is 7.73. The van der Waals surface area contributed by atoms with E-state index in [2.05, 4.69) is 5.32 Å². The number of amides is 1. The maximum Gasteiger partial charge on any atom is 0.243 e. The van der Waals surface area contributed by atoms with Gasteiger partial charge < -0.3 is 5.32 Å². The molecule has 31 heavy (non-hydrogen) atoms. The standard InChI is InChI=1S/C23H22Cl2N2O3S/c1-17(19-10-6-3-7-11-19)26-23(28)16-27(15-18-8-4-2-5-9-18)31(29,30)20-12-13-21(24)22(25)14-20/h2-14,17H,15-16H2,1H3,(H,26,28). The molecular formula is C23H22Cl2N2O3S. The Hall–Kier alpha value is -2.38. The first-order valence-electron chi connectivity index (χ1n) is 9.61.